The Morgan fingerprint density at radius 3 is 2.89 bits per heavy atom. The molecule has 1 amide bonds. The maximum atomic E-state index is 12.7. The van der Waals surface area contributed by atoms with Gasteiger partial charge in [0.1, 0.15) is 11.1 Å². The van der Waals surface area contributed by atoms with E-state index < -0.39 is 0 Å². The van der Waals surface area contributed by atoms with Crippen molar-refractivity contribution in [1.82, 2.24) is 15.2 Å². The van der Waals surface area contributed by atoms with E-state index in [4.69, 9.17) is 4.98 Å². The Hall–Kier alpha value is -1.63. The Kier molecular flexibility index (Phi) is 7.71. The van der Waals surface area contributed by atoms with Gasteiger partial charge in [0.05, 0.1) is 10.8 Å². The van der Waals surface area contributed by atoms with Gasteiger partial charge in [-0.2, -0.15) is 5.26 Å². The molecule has 9 heteroatoms. The lowest BCUT2D eigenvalue weighted by Crippen LogP contribution is -2.24. The van der Waals surface area contributed by atoms with Crippen LogP contribution in [0.2, 0.25) is 0 Å². The molecule has 3 rings (SSSR count). The van der Waals surface area contributed by atoms with Gasteiger partial charge >= 0.3 is 0 Å². The molecule has 1 atom stereocenters. The van der Waals surface area contributed by atoms with Crippen molar-refractivity contribution in [3.8, 4) is 6.07 Å². The van der Waals surface area contributed by atoms with Gasteiger partial charge in [-0.1, -0.05) is 55.1 Å². The van der Waals surface area contributed by atoms with Crippen LogP contribution in [-0.2, 0) is 17.6 Å². The first kappa shape index (κ1) is 21.1. The molecule has 0 saturated carbocycles. The summed E-state index contributed by atoms with van der Waals surface area (Å²) in [7, 11) is 0. The van der Waals surface area contributed by atoms with Gasteiger partial charge < -0.3 is 0 Å². The fourth-order valence-electron chi connectivity index (χ4n) is 3.05. The van der Waals surface area contributed by atoms with E-state index in [2.05, 4.69) is 28.5 Å². The van der Waals surface area contributed by atoms with E-state index >= 15 is 0 Å². The van der Waals surface area contributed by atoms with Gasteiger partial charge in [0.25, 0.3) is 0 Å². The number of rotatable bonds is 7. The fraction of sp³-hybridized carbons (Fsp3) is 0.526. The van der Waals surface area contributed by atoms with Gasteiger partial charge in [-0.3, -0.25) is 10.1 Å². The maximum absolute atomic E-state index is 12.7. The molecule has 0 bridgehead atoms. The van der Waals surface area contributed by atoms with Crippen molar-refractivity contribution >= 4 is 45.9 Å². The molecule has 2 aromatic rings. The Labute approximate surface area is 177 Å². The minimum Gasteiger partial charge on any atom is -0.300 e. The zero-order valence-corrected chi connectivity index (χ0v) is 18.5. The molecule has 148 valence electrons. The van der Waals surface area contributed by atoms with Crippen LogP contribution >= 0.6 is 34.9 Å². The van der Waals surface area contributed by atoms with Crippen LogP contribution in [0, 0.1) is 11.3 Å². The van der Waals surface area contributed by atoms with Crippen LogP contribution in [0.15, 0.2) is 15.4 Å². The van der Waals surface area contributed by atoms with Crippen LogP contribution in [-0.4, -0.2) is 32.1 Å². The number of aryl methyl sites for hydroxylation is 2. The number of pyridine rings is 1. The predicted molar refractivity (Wildman–Crippen MR) is 115 cm³/mol. The topological polar surface area (TPSA) is 91.6 Å². The third-order valence-corrected chi connectivity index (χ3v) is 7.68. The van der Waals surface area contributed by atoms with E-state index in [1.54, 1.807) is 11.8 Å². The third kappa shape index (κ3) is 5.25. The number of nitrogens with zero attached hydrogens (tertiary/aromatic N) is 4. The zero-order valence-electron chi connectivity index (χ0n) is 16.0. The number of hydrogen-bond acceptors (Lipinski definition) is 8. The van der Waals surface area contributed by atoms with Gasteiger partial charge in [0, 0.05) is 5.69 Å². The number of nitrogens with one attached hydrogen (secondary N) is 1. The zero-order chi connectivity index (χ0) is 19.9. The second-order valence-electron chi connectivity index (χ2n) is 6.43. The Balaban J connectivity index is 1.75. The number of thioether (sulfide) groups is 2. The van der Waals surface area contributed by atoms with Crippen molar-refractivity contribution in [3.05, 3.63) is 22.9 Å². The van der Waals surface area contributed by atoms with Gasteiger partial charge in [0.15, 0.2) is 4.34 Å². The third-order valence-electron chi connectivity index (χ3n) is 4.46. The van der Waals surface area contributed by atoms with Crippen LogP contribution in [0.3, 0.4) is 0 Å². The van der Waals surface area contributed by atoms with Crippen molar-refractivity contribution in [2.45, 2.75) is 67.0 Å². The van der Waals surface area contributed by atoms with Crippen LogP contribution in [0.1, 0.15) is 56.4 Å². The maximum Gasteiger partial charge on any atom is 0.239 e. The van der Waals surface area contributed by atoms with Crippen molar-refractivity contribution in [3.63, 3.8) is 0 Å². The van der Waals surface area contributed by atoms with E-state index in [1.807, 2.05) is 13.0 Å². The smallest absolute Gasteiger partial charge is 0.239 e. The van der Waals surface area contributed by atoms with Crippen molar-refractivity contribution in [1.29, 1.82) is 5.26 Å². The molecule has 1 aliphatic carbocycles. The van der Waals surface area contributed by atoms with Gasteiger partial charge in [-0.25, -0.2) is 4.98 Å². The number of anilines is 1. The minimum absolute atomic E-state index is 0.127. The monoisotopic (exact) mass is 433 g/mol. The second-order valence-corrected chi connectivity index (χ2v) is 10.1. The van der Waals surface area contributed by atoms with Gasteiger partial charge in [-0.05, 0) is 49.5 Å². The highest BCUT2D eigenvalue weighted by molar-refractivity contribution is 8.01. The lowest BCUT2D eigenvalue weighted by molar-refractivity contribution is -0.115. The van der Waals surface area contributed by atoms with Crippen LogP contribution in [0.4, 0.5) is 5.13 Å². The minimum atomic E-state index is -0.338. The lowest BCUT2D eigenvalue weighted by atomic mass is 10.1. The molecular weight excluding hydrogens is 410 g/mol. The molecule has 0 aliphatic heterocycles. The summed E-state index contributed by atoms with van der Waals surface area (Å²) in [5.41, 5.74) is 2.83. The summed E-state index contributed by atoms with van der Waals surface area (Å²) in [6.45, 7) is 4.01. The highest BCUT2D eigenvalue weighted by atomic mass is 32.2. The standard InChI is InChI=1S/C19H23N5OS3/c1-3-15(16(25)22-18-23-24-19(28-18)26-4-2)27-17-13(11-20)10-12-8-6-5-7-9-14(12)21-17/h10,15H,3-9H2,1-2H3,(H,22,23,25). The molecule has 2 aromatic heterocycles. The predicted octanol–water partition coefficient (Wildman–Crippen LogP) is 4.70. The van der Waals surface area contributed by atoms with E-state index in [0.29, 0.717) is 22.1 Å². The summed E-state index contributed by atoms with van der Waals surface area (Å²) in [5.74, 6) is 0.786. The first-order valence-electron chi connectivity index (χ1n) is 9.51. The van der Waals surface area contributed by atoms with Crippen molar-refractivity contribution in [2.75, 3.05) is 11.1 Å². The number of carbonyl (C=O) groups excluding carboxylic acids is 1. The Bertz CT molecular complexity index is 877. The summed E-state index contributed by atoms with van der Waals surface area (Å²) >= 11 is 4.35. The SMILES string of the molecule is CCSc1nnc(NC(=O)C(CC)Sc2nc3c(cc2C#N)CCCCC3)s1. The van der Waals surface area contributed by atoms with Gasteiger partial charge in [0.2, 0.25) is 11.0 Å². The molecule has 0 saturated heterocycles. The molecule has 1 unspecified atom stereocenters. The van der Waals surface area contributed by atoms with Gasteiger partial charge in [-0.15, -0.1) is 10.2 Å². The first-order chi connectivity index (χ1) is 13.6. The summed E-state index contributed by atoms with van der Waals surface area (Å²) in [4.78, 5) is 17.5. The molecule has 1 N–H and O–H groups in total. The quantitative estimate of drug-likeness (QED) is 0.384. The highest BCUT2D eigenvalue weighted by Gasteiger charge is 2.23. The molecule has 0 fully saturated rings. The van der Waals surface area contributed by atoms with E-state index in [-0.39, 0.29) is 11.2 Å². The summed E-state index contributed by atoms with van der Waals surface area (Å²) in [6, 6.07) is 4.24. The number of carbonyl (C=O) groups is 1. The first-order valence-corrected chi connectivity index (χ1v) is 12.2. The molecule has 2 heterocycles. The number of amides is 1. The second kappa shape index (κ2) is 10.2. The molecule has 0 radical (unpaired) electrons. The average Bonchev–Trinajstić information content (AvgIpc) is 3.00. The number of fused-ring (bicyclic) bond motifs is 1. The highest BCUT2D eigenvalue weighted by Crippen LogP contribution is 2.32. The molecular formula is C19H23N5OS3. The fourth-order valence-corrected chi connectivity index (χ4v) is 5.69. The summed E-state index contributed by atoms with van der Waals surface area (Å²) < 4.78 is 0.845. The summed E-state index contributed by atoms with van der Waals surface area (Å²) in [5, 5.41) is 21.4. The Morgan fingerprint density at radius 2 is 2.14 bits per heavy atom. The molecule has 1 aliphatic rings. The van der Waals surface area contributed by atoms with Crippen molar-refractivity contribution < 1.29 is 4.79 Å². The molecule has 0 spiro atoms. The van der Waals surface area contributed by atoms with E-state index in [9.17, 15) is 10.1 Å². The largest absolute Gasteiger partial charge is 0.300 e. The lowest BCUT2D eigenvalue weighted by Gasteiger charge is -2.15. The van der Waals surface area contributed by atoms with Crippen LogP contribution < -0.4 is 5.32 Å². The van der Waals surface area contributed by atoms with Crippen LogP contribution in [0.5, 0.6) is 0 Å². The number of nitriles is 1. The normalized spacial score (nSPS) is 14.6. The number of hydrogen-bond donors (Lipinski definition) is 1. The van der Waals surface area contributed by atoms with E-state index in [0.717, 1.165) is 41.5 Å². The van der Waals surface area contributed by atoms with E-state index in [1.165, 1.54) is 35.1 Å². The van der Waals surface area contributed by atoms with Crippen LogP contribution in [0.25, 0.3) is 0 Å². The van der Waals surface area contributed by atoms with Crippen molar-refractivity contribution in [2.24, 2.45) is 0 Å². The average molecular weight is 434 g/mol. The molecule has 6 nitrogen and oxygen atoms in total. The molecule has 28 heavy (non-hydrogen) atoms. The Morgan fingerprint density at radius 1 is 1.32 bits per heavy atom. The molecule has 0 aromatic carbocycles. The number of aromatic nitrogens is 3. The summed E-state index contributed by atoms with van der Waals surface area (Å²) in [6.07, 6.45) is 6.03.